The van der Waals surface area contributed by atoms with Crippen molar-refractivity contribution in [3.05, 3.63) is 69.0 Å². The fraction of sp³-hybridized carbons (Fsp3) is 0.318. The topological polar surface area (TPSA) is 61.2 Å². The van der Waals surface area contributed by atoms with Gasteiger partial charge in [0.1, 0.15) is 11.6 Å². The average molecular weight is 382 g/mol. The van der Waals surface area contributed by atoms with Crippen molar-refractivity contribution in [3.8, 4) is 5.69 Å². The van der Waals surface area contributed by atoms with Crippen LogP contribution in [0.15, 0.2) is 35.1 Å². The number of rotatable bonds is 5. The zero-order valence-corrected chi connectivity index (χ0v) is 16.5. The van der Waals surface area contributed by atoms with Crippen molar-refractivity contribution in [3.63, 3.8) is 0 Å². The van der Waals surface area contributed by atoms with E-state index in [1.807, 2.05) is 32.0 Å². The van der Waals surface area contributed by atoms with Crippen LogP contribution in [0.3, 0.4) is 0 Å². The fourth-order valence-electron chi connectivity index (χ4n) is 3.45. The number of carbonyl (C=O) groups is 1. The maximum absolute atomic E-state index is 14.5. The predicted molar refractivity (Wildman–Crippen MR) is 106 cm³/mol. The lowest BCUT2D eigenvalue weighted by Gasteiger charge is -2.16. The maximum atomic E-state index is 14.5. The van der Waals surface area contributed by atoms with Gasteiger partial charge in [0.05, 0.1) is 23.2 Å². The van der Waals surface area contributed by atoms with Gasteiger partial charge in [-0.25, -0.2) is 9.37 Å². The second-order valence-corrected chi connectivity index (χ2v) is 6.81. The molecule has 146 valence electrons. The SMILES string of the molecule is CCOC(=O)CCc1cc2c(=O)n(-c3c(C)cccc3C)c(C)nc2cc1F. The Morgan fingerprint density at radius 1 is 1.18 bits per heavy atom. The van der Waals surface area contributed by atoms with E-state index in [1.165, 1.54) is 12.1 Å². The van der Waals surface area contributed by atoms with Gasteiger partial charge in [-0.1, -0.05) is 18.2 Å². The first-order valence-corrected chi connectivity index (χ1v) is 9.27. The summed E-state index contributed by atoms with van der Waals surface area (Å²) in [5, 5.41) is 0.327. The predicted octanol–water partition coefficient (Wildman–Crippen LogP) is 3.95. The van der Waals surface area contributed by atoms with Gasteiger partial charge in [-0.3, -0.25) is 14.2 Å². The largest absolute Gasteiger partial charge is 0.466 e. The number of hydrogen-bond acceptors (Lipinski definition) is 4. The van der Waals surface area contributed by atoms with Crippen LogP contribution in [0.25, 0.3) is 16.6 Å². The van der Waals surface area contributed by atoms with Gasteiger partial charge in [0.2, 0.25) is 0 Å². The lowest BCUT2D eigenvalue weighted by molar-refractivity contribution is -0.143. The molecule has 0 aliphatic heterocycles. The van der Waals surface area contributed by atoms with E-state index in [-0.39, 0.29) is 25.0 Å². The Morgan fingerprint density at radius 3 is 2.50 bits per heavy atom. The van der Waals surface area contributed by atoms with Crippen molar-refractivity contribution in [2.75, 3.05) is 6.61 Å². The summed E-state index contributed by atoms with van der Waals surface area (Å²) in [6, 6.07) is 8.58. The third-order valence-corrected chi connectivity index (χ3v) is 4.77. The van der Waals surface area contributed by atoms with E-state index in [9.17, 15) is 14.0 Å². The molecule has 0 aliphatic carbocycles. The molecule has 0 unspecified atom stereocenters. The smallest absolute Gasteiger partial charge is 0.306 e. The average Bonchev–Trinajstić information content (AvgIpc) is 2.63. The first kappa shape index (κ1) is 19.7. The Hall–Kier alpha value is -3.02. The molecule has 0 saturated carbocycles. The van der Waals surface area contributed by atoms with Gasteiger partial charge < -0.3 is 4.74 Å². The van der Waals surface area contributed by atoms with Gasteiger partial charge in [0.25, 0.3) is 5.56 Å². The molecule has 0 saturated heterocycles. The molecule has 0 amide bonds. The number of para-hydroxylation sites is 1. The summed E-state index contributed by atoms with van der Waals surface area (Å²) in [6.07, 6.45) is 0.220. The molecule has 1 aromatic heterocycles. The summed E-state index contributed by atoms with van der Waals surface area (Å²) in [5.41, 5.74) is 3.06. The van der Waals surface area contributed by atoms with Gasteiger partial charge >= 0.3 is 5.97 Å². The molecule has 28 heavy (non-hydrogen) atoms. The molecule has 3 aromatic rings. The number of carbonyl (C=O) groups excluding carboxylic acids is 1. The molecule has 1 heterocycles. The molecule has 6 heteroatoms. The number of esters is 1. The molecule has 0 aliphatic rings. The van der Waals surface area contributed by atoms with E-state index in [0.29, 0.717) is 22.3 Å². The molecule has 0 bridgehead atoms. The number of nitrogens with zero attached hydrogens (tertiary/aromatic N) is 2. The lowest BCUT2D eigenvalue weighted by atomic mass is 10.1. The zero-order valence-electron chi connectivity index (χ0n) is 16.5. The summed E-state index contributed by atoms with van der Waals surface area (Å²) in [6.45, 7) is 7.61. The van der Waals surface area contributed by atoms with Crippen molar-refractivity contribution in [2.24, 2.45) is 0 Å². The van der Waals surface area contributed by atoms with E-state index in [0.717, 1.165) is 16.8 Å². The van der Waals surface area contributed by atoms with Crippen molar-refractivity contribution < 1.29 is 13.9 Å². The van der Waals surface area contributed by atoms with Crippen LogP contribution in [0.5, 0.6) is 0 Å². The van der Waals surface area contributed by atoms with E-state index in [4.69, 9.17) is 4.74 Å². The van der Waals surface area contributed by atoms with Crippen LogP contribution in [0.2, 0.25) is 0 Å². The highest BCUT2D eigenvalue weighted by Gasteiger charge is 2.16. The number of aryl methyl sites for hydroxylation is 4. The molecule has 0 fully saturated rings. The Bertz CT molecular complexity index is 1100. The Labute approximate surface area is 162 Å². The van der Waals surface area contributed by atoms with Crippen molar-refractivity contribution in [2.45, 2.75) is 40.5 Å². The number of hydrogen-bond donors (Lipinski definition) is 0. The van der Waals surface area contributed by atoms with Crippen LogP contribution in [-0.2, 0) is 16.0 Å². The standard InChI is InChI=1S/C22H23FN2O3/c1-5-28-20(26)10-9-16-11-17-19(12-18(16)23)24-15(4)25(22(17)27)21-13(2)7-6-8-14(21)3/h6-8,11-12H,5,9-10H2,1-4H3. The van der Waals surface area contributed by atoms with Gasteiger partial charge in [-0.05, 0) is 56.9 Å². The highest BCUT2D eigenvalue weighted by atomic mass is 19.1. The Kier molecular flexibility index (Phi) is 5.58. The van der Waals surface area contributed by atoms with Crippen LogP contribution in [-0.4, -0.2) is 22.1 Å². The van der Waals surface area contributed by atoms with Crippen molar-refractivity contribution in [1.29, 1.82) is 0 Å². The summed E-state index contributed by atoms with van der Waals surface area (Å²) >= 11 is 0. The highest BCUT2D eigenvalue weighted by Crippen LogP contribution is 2.22. The molecule has 0 atom stereocenters. The minimum absolute atomic E-state index is 0.0562. The minimum Gasteiger partial charge on any atom is -0.466 e. The van der Waals surface area contributed by atoms with Crippen LogP contribution in [0.4, 0.5) is 4.39 Å². The second kappa shape index (κ2) is 7.92. The van der Waals surface area contributed by atoms with Crippen LogP contribution in [0, 0.1) is 26.6 Å². The van der Waals surface area contributed by atoms with Gasteiger partial charge in [0, 0.05) is 12.5 Å². The number of fused-ring (bicyclic) bond motifs is 1. The molecular weight excluding hydrogens is 359 g/mol. The second-order valence-electron chi connectivity index (χ2n) is 6.81. The minimum atomic E-state index is -0.479. The third-order valence-electron chi connectivity index (χ3n) is 4.77. The maximum Gasteiger partial charge on any atom is 0.306 e. The molecule has 2 aromatic carbocycles. The third kappa shape index (κ3) is 3.67. The molecule has 5 nitrogen and oxygen atoms in total. The molecular formula is C22H23FN2O3. The van der Waals surface area contributed by atoms with Gasteiger partial charge in [-0.2, -0.15) is 0 Å². The number of benzene rings is 2. The Morgan fingerprint density at radius 2 is 1.86 bits per heavy atom. The van der Waals surface area contributed by atoms with Crippen LogP contribution >= 0.6 is 0 Å². The summed E-state index contributed by atoms with van der Waals surface area (Å²) < 4.78 is 20.9. The zero-order chi connectivity index (χ0) is 20.4. The monoisotopic (exact) mass is 382 g/mol. The number of aromatic nitrogens is 2. The molecule has 3 rings (SSSR count). The van der Waals surface area contributed by atoms with E-state index >= 15 is 0 Å². The fourth-order valence-corrected chi connectivity index (χ4v) is 3.45. The van der Waals surface area contributed by atoms with Crippen molar-refractivity contribution >= 4 is 16.9 Å². The number of halogens is 1. The lowest BCUT2D eigenvalue weighted by Crippen LogP contribution is -2.24. The van der Waals surface area contributed by atoms with E-state index < -0.39 is 11.8 Å². The highest BCUT2D eigenvalue weighted by molar-refractivity contribution is 5.79. The Balaban J connectivity index is 2.15. The molecule has 0 radical (unpaired) electrons. The van der Waals surface area contributed by atoms with Crippen LogP contribution in [0.1, 0.15) is 35.9 Å². The molecule has 0 N–H and O–H groups in total. The number of ether oxygens (including phenoxy) is 1. The first-order chi connectivity index (χ1) is 13.3. The van der Waals surface area contributed by atoms with Crippen molar-refractivity contribution in [1.82, 2.24) is 9.55 Å². The summed E-state index contributed by atoms with van der Waals surface area (Å²) in [7, 11) is 0. The van der Waals surface area contributed by atoms with E-state index in [1.54, 1.807) is 18.4 Å². The van der Waals surface area contributed by atoms with Crippen LogP contribution < -0.4 is 5.56 Å². The van der Waals surface area contributed by atoms with Gasteiger partial charge in [-0.15, -0.1) is 0 Å². The first-order valence-electron chi connectivity index (χ1n) is 9.27. The summed E-state index contributed by atoms with van der Waals surface area (Å²) in [4.78, 5) is 29.3. The van der Waals surface area contributed by atoms with E-state index in [2.05, 4.69) is 4.98 Å². The quantitative estimate of drug-likeness (QED) is 0.627. The van der Waals surface area contributed by atoms with Gasteiger partial charge in [0.15, 0.2) is 0 Å². The molecule has 0 spiro atoms. The summed E-state index contributed by atoms with van der Waals surface area (Å²) in [5.74, 6) is -0.376. The normalized spacial score (nSPS) is 11.0.